The minimum atomic E-state index is -3.88. The van der Waals surface area contributed by atoms with Crippen LogP contribution in [0.3, 0.4) is 0 Å². The Morgan fingerprint density at radius 1 is 0.882 bits per heavy atom. The van der Waals surface area contributed by atoms with E-state index in [0.717, 1.165) is 16.7 Å². The summed E-state index contributed by atoms with van der Waals surface area (Å²) in [5.74, 6) is 0.850. The molecule has 0 spiro atoms. The number of aryl methyl sites for hydroxylation is 1. The third-order valence-corrected chi connectivity index (χ3v) is 6.88. The normalized spacial score (nSPS) is 12.1. The van der Waals surface area contributed by atoms with Gasteiger partial charge >= 0.3 is 0 Å². The molecule has 0 aliphatic rings. The molecule has 0 saturated carbocycles. The Kier molecular flexibility index (Phi) is 8.67. The Morgan fingerprint density at radius 2 is 1.56 bits per heavy atom. The highest BCUT2D eigenvalue weighted by atomic mass is 32.2. The molecule has 0 aliphatic heterocycles. The first-order valence-corrected chi connectivity index (χ1v) is 12.4. The van der Waals surface area contributed by atoms with Gasteiger partial charge in [-0.05, 0) is 55.2 Å². The van der Waals surface area contributed by atoms with Crippen molar-refractivity contribution in [1.82, 2.24) is 10.0 Å². The van der Waals surface area contributed by atoms with Gasteiger partial charge in [-0.25, -0.2) is 8.42 Å². The Labute approximate surface area is 201 Å². The van der Waals surface area contributed by atoms with E-state index in [2.05, 4.69) is 10.0 Å². The van der Waals surface area contributed by atoms with Crippen molar-refractivity contribution in [3.63, 3.8) is 0 Å². The maximum absolute atomic E-state index is 13.0. The predicted octanol–water partition coefficient (Wildman–Crippen LogP) is 3.26. The van der Waals surface area contributed by atoms with Crippen molar-refractivity contribution in [2.24, 2.45) is 0 Å². The largest absolute Gasteiger partial charge is 0.493 e. The lowest BCUT2D eigenvalue weighted by Gasteiger charge is -2.19. The van der Waals surface area contributed by atoms with Crippen LogP contribution in [-0.4, -0.2) is 41.1 Å². The second-order valence-electron chi connectivity index (χ2n) is 7.91. The zero-order valence-corrected chi connectivity index (χ0v) is 20.4. The van der Waals surface area contributed by atoms with Crippen molar-refractivity contribution in [3.8, 4) is 11.5 Å². The van der Waals surface area contributed by atoms with Crippen LogP contribution in [0.25, 0.3) is 0 Å². The number of methoxy groups -OCH3 is 2. The third-order valence-electron chi connectivity index (χ3n) is 5.39. The standard InChI is InChI=1S/C26H30N2O5S/c1-19-9-12-22(13-10-19)34(30,31)28-23(17-20-7-5-4-6-8-20)26(29)27-16-15-21-11-14-24(32-2)25(18-21)33-3/h4-14,18,23,28H,15-17H2,1-3H3,(H,27,29)/t23-/m1/s1. The van der Waals surface area contributed by atoms with Crippen LogP contribution in [0.1, 0.15) is 16.7 Å². The van der Waals surface area contributed by atoms with Gasteiger partial charge in [-0.3, -0.25) is 4.79 Å². The molecule has 7 nitrogen and oxygen atoms in total. The lowest BCUT2D eigenvalue weighted by molar-refractivity contribution is -0.122. The first-order valence-electron chi connectivity index (χ1n) is 10.9. The van der Waals surface area contributed by atoms with E-state index in [-0.39, 0.29) is 17.2 Å². The first kappa shape index (κ1) is 25.3. The number of hydrogen-bond donors (Lipinski definition) is 2. The van der Waals surface area contributed by atoms with Crippen LogP contribution < -0.4 is 19.5 Å². The Balaban J connectivity index is 1.71. The zero-order chi connectivity index (χ0) is 24.6. The predicted molar refractivity (Wildman–Crippen MR) is 132 cm³/mol. The molecule has 1 atom stereocenters. The van der Waals surface area contributed by atoms with Gasteiger partial charge in [0, 0.05) is 6.54 Å². The Hall–Kier alpha value is -3.36. The summed E-state index contributed by atoms with van der Waals surface area (Å²) in [7, 11) is -0.738. The van der Waals surface area contributed by atoms with E-state index in [1.807, 2.05) is 55.5 Å². The second kappa shape index (κ2) is 11.7. The third kappa shape index (κ3) is 6.82. The summed E-state index contributed by atoms with van der Waals surface area (Å²) in [5.41, 5.74) is 2.76. The van der Waals surface area contributed by atoms with Gasteiger partial charge in [-0.1, -0.05) is 54.1 Å². The van der Waals surface area contributed by atoms with E-state index < -0.39 is 16.1 Å². The van der Waals surface area contributed by atoms with Gasteiger partial charge in [-0.2, -0.15) is 4.72 Å². The number of rotatable bonds is 11. The van der Waals surface area contributed by atoms with Crippen LogP contribution in [0.4, 0.5) is 0 Å². The van der Waals surface area contributed by atoms with E-state index >= 15 is 0 Å². The summed E-state index contributed by atoms with van der Waals surface area (Å²) in [6.45, 7) is 2.22. The van der Waals surface area contributed by atoms with Crippen LogP contribution in [0, 0.1) is 6.92 Å². The van der Waals surface area contributed by atoms with E-state index in [0.29, 0.717) is 24.5 Å². The zero-order valence-electron chi connectivity index (χ0n) is 19.6. The molecule has 0 fully saturated rings. The number of carbonyl (C=O) groups is 1. The maximum atomic E-state index is 13.0. The van der Waals surface area contributed by atoms with E-state index in [1.54, 1.807) is 26.4 Å². The molecule has 3 aromatic carbocycles. The number of hydrogen-bond acceptors (Lipinski definition) is 5. The fraction of sp³-hybridized carbons (Fsp3) is 0.269. The molecule has 0 heterocycles. The van der Waals surface area contributed by atoms with E-state index in [4.69, 9.17) is 9.47 Å². The molecule has 3 rings (SSSR count). The number of ether oxygens (including phenoxy) is 2. The highest BCUT2D eigenvalue weighted by Crippen LogP contribution is 2.27. The molecule has 180 valence electrons. The molecule has 0 saturated heterocycles. The second-order valence-corrected chi connectivity index (χ2v) is 9.62. The molecule has 3 aromatic rings. The van der Waals surface area contributed by atoms with Gasteiger partial charge in [0.15, 0.2) is 11.5 Å². The van der Waals surface area contributed by atoms with E-state index in [9.17, 15) is 13.2 Å². The number of benzene rings is 3. The van der Waals surface area contributed by atoms with Crippen molar-refractivity contribution in [2.45, 2.75) is 30.7 Å². The lowest BCUT2D eigenvalue weighted by atomic mass is 10.1. The molecular formula is C26H30N2O5S. The van der Waals surface area contributed by atoms with Crippen LogP contribution in [-0.2, 0) is 27.7 Å². The summed E-state index contributed by atoms with van der Waals surface area (Å²) < 4.78 is 39.1. The number of nitrogens with one attached hydrogen (secondary N) is 2. The number of sulfonamides is 1. The smallest absolute Gasteiger partial charge is 0.241 e. The van der Waals surface area contributed by atoms with Gasteiger partial charge in [-0.15, -0.1) is 0 Å². The highest BCUT2D eigenvalue weighted by molar-refractivity contribution is 7.89. The van der Waals surface area contributed by atoms with Crippen LogP contribution in [0.5, 0.6) is 11.5 Å². The number of amides is 1. The summed E-state index contributed by atoms with van der Waals surface area (Å²) >= 11 is 0. The van der Waals surface area contributed by atoms with Crippen molar-refractivity contribution in [1.29, 1.82) is 0 Å². The molecule has 0 aromatic heterocycles. The first-order chi connectivity index (χ1) is 16.3. The highest BCUT2D eigenvalue weighted by Gasteiger charge is 2.26. The van der Waals surface area contributed by atoms with E-state index in [1.165, 1.54) is 12.1 Å². The summed E-state index contributed by atoms with van der Waals surface area (Å²) in [6.07, 6.45) is 0.781. The fourth-order valence-corrected chi connectivity index (χ4v) is 4.70. The Morgan fingerprint density at radius 3 is 2.21 bits per heavy atom. The SMILES string of the molecule is COc1ccc(CCNC(=O)[C@@H](Cc2ccccc2)NS(=O)(=O)c2ccc(C)cc2)cc1OC. The summed E-state index contributed by atoms with van der Waals surface area (Å²) in [6, 6.07) is 20.4. The molecular weight excluding hydrogens is 452 g/mol. The van der Waals surface area contributed by atoms with Gasteiger partial charge in [0.25, 0.3) is 0 Å². The topological polar surface area (TPSA) is 93.7 Å². The van der Waals surface area contributed by atoms with Crippen molar-refractivity contribution in [2.75, 3.05) is 20.8 Å². The van der Waals surface area contributed by atoms with Crippen molar-refractivity contribution < 1.29 is 22.7 Å². The van der Waals surface area contributed by atoms with Crippen molar-refractivity contribution in [3.05, 3.63) is 89.5 Å². The molecule has 0 radical (unpaired) electrons. The quantitative estimate of drug-likeness (QED) is 0.438. The van der Waals surface area contributed by atoms with Crippen LogP contribution in [0.2, 0.25) is 0 Å². The molecule has 0 bridgehead atoms. The molecule has 0 aliphatic carbocycles. The molecule has 34 heavy (non-hydrogen) atoms. The molecule has 0 unspecified atom stereocenters. The maximum Gasteiger partial charge on any atom is 0.241 e. The van der Waals surface area contributed by atoms with Crippen molar-refractivity contribution >= 4 is 15.9 Å². The monoisotopic (exact) mass is 482 g/mol. The lowest BCUT2D eigenvalue weighted by Crippen LogP contribution is -2.48. The fourth-order valence-electron chi connectivity index (χ4n) is 3.50. The van der Waals surface area contributed by atoms with Gasteiger partial charge < -0.3 is 14.8 Å². The average Bonchev–Trinajstić information content (AvgIpc) is 2.84. The van der Waals surface area contributed by atoms with Crippen LogP contribution in [0.15, 0.2) is 77.7 Å². The molecule has 1 amide bonds. The van der Waals surface area contributed by atoms with Gasteiger partial charge in [0.05, 0.1) is 19.1 Å². The summed E-state index contributed by atoms with van der Waals surface area (Å²) in [5, 5.41) is 2.86. The van der Waals surface area contributed by atoms with Gasteiger partial charge in [0.2, 0.25) is 15.9 Å². The molecule has 2 N–H and O–H groups in total. The molecule has 8 heteroatoms. The number of carbonyl (C=O) groups excluding carboxylic acids is 1. The van der Waals surface area contributed by atoms with Gasteiger partial charge in [0.1, 0.15) is 6.04 Å². The summed E-state index contributed by atoms with van der Waals surface area (Å²) in [4.78, 5) is 13.2. The minimum Gasteiger partial charge on any atom is -0.493 e. The average molecular weight is 483 g/mol. The minimum absolute atomic E-state index is 0.120. The Bertz CT molecular complexity index is 1200. The van der Waals surface area contributed by atoms with Crippen LogP contribution >= 0.6 is 0 Å².